The standard InChI is InChI=1S/C23H27N3O3S/c1-29-21-6-4-3-5-20(21)24-11-13-25(14-12-24)23(28)17-15-22(27)26(16-17)18-7-9-19(30-2)10-8-18/h3-10,17H,11-16H2,1-2H3. The molecule has 0 aliphatic carbocycles. The highest BCUT2D eigenvalue weighted by Crippen LogP contribution is 2.30. The quantitative estimate of drug-likeness (QED) is 0.689. The van der Waals surface area contributed by atoms with Gasteiger partial charge in [-0.3, -0.25) is 9.59 Å². The maximum Gasteiger partial charge on any atom is 0.228 e. The lowest BCUT2D eigenvalue weighted by Crippen LogP contribution is -2.50. The van der Waals surface area contributed by atoms with Crippen LogP contribution in [0.25, 0.3) is 0 Å². The molecule has 0 bridgehead atoms. The van der Waals surface area contributed by atoms with Crippen LogP contribution in [0.15, 0.2) is 53.4 Å². The van der Waals surface area contributed by atoms with Crippen LogP contribution < -0.4 is 14.5 Å². The van der Waals surface area contributed by atoms with Gasteiger partial charge in [-0.15, -0.1) is 11.8 Å². The highest BCUT2D eigenvalue weighted by atomic mass is 32.2. The number of para-hydroxylation sites is 2. The molecule has 0 radical (unpaired) electrons. The molecule has 0 spiro atoms. The third kappa shape index (κ3) is 4.12. The largest absolute Gasteiger partial charge is 0.495 e. The molecular formula is C23H27N3O3S. The normalized spacial score (nSPS) is 19.3. The maximum absolute atomic E-state index is 13.1. The Balaban J connectivity index is 1.37. The van der Waals surface area contributed by atoms with Crippen LogP contribution in [0.3, 0.4) is 0 Å². The van der Waals surface area contributed by atoms with Gasteiger partial charge in [-0.25, -0.2) is 0 Å². The van der Waals surface area contributed by atoms with Gasteiger partial charge >= 0.3 is 0 Å². The Hall–Kier alpha value is -2.67. The van der Waals surface area contributed by atoms with Crippen molar-refractivity contribution in [1.82, 2.24) is 4.90 Å². The zero-order valence-corrected chi connectivity index (χ0v) is 18.2. The number of carbonyl (C=O) groups excluding carboxylic acids is 2. The number of thioether (sulfide) groups is 1. The summed E-state index contributed by atoms with van der Waals surface area (Å²) in [4.78, 5) is 32.7. The molecule has 4 rings (SSSR count). The van der Waals surface area contributed by atoms with Crippen molar-refractivity contribution >= 4 is 35.0 Å². The Morgan fingerprint density at radius 2 is 1.73 bits per heavy atom. The minimum atomic E-state index is -0.268. The van der Waals surface area contributed by atoms with E-state index in [-0.39, 0.29) is 24.2 Å². The number of amides is 2. The summed E-state index contributed by atoms with van der Waals surface area (Å²) < 4.78 is 5.47. The average Bonchev–Trinajstić information content (AvgIpc) is 3.20. The lowest BCUT2D eigenvalue weighted by molar-refractivity contribution is -0.136. The Morgan fingerprint density at radius 1 is 1.03 bits per heavy atom. The van der Waals surface area contributed by atoms with Crippen molar-refractivity contribution in [2.24, 2.45) is 5.92 Å². The van der Waals surface area contributed by atoms with Gasteiger partial charge in [0.25, 0.3) is 0 Å². The van der Waals surface area contributed by atoms with E-state index in [0.29, 0.717) is 19.6 Å². The first kappa shape index (κ1) is 20.6. The number of methoxy groups -OCH3 is 1. The first-order valence-corrected chi connectivity index (χ1v) is 11.4. The SMILES string of the molecule is COc1ccccc1N1CCN(C(=O)C2CC(=O)N(c3ccc(SC)cc3)C2)CC1. The van der Waals surface area contributed by atoms with Crippen molar-refractivity contribution in [3.05, 3.63) is 48.5 Å². The van der Waals surface area contributed by atoms with E-state index in [1.807, 2.05) is 59.7 Å². The fourth-order valence-electron chi connectivity index (χ4n) is 4.20. The number of hydrogen-bond acceptors (Lipinski definition) is 5. The zero-order chi connectivity index (χ0) is 21.1. The summed E-state index contributed by atoms with van der Waals surface area (Å²) in [7, 11) is 1.68. The van der Waals surface area contributed by atoms with Crippen molar-refractivity contribution in [2.45, 2.75) is 11.3 Å². The second-order valence-corrected chi connectivity index (χ2v) is 8.47. The van der Waals surface area contributed by atoms with E-state index in [0.717, 1.165) is 35.1 Å². The van der Waals surface area contributed by atoms with Gasteiger partial charge in [-0.1, -0.05) is 12.1 Å². The summed E-state index contributed by atoms with van der Waals surface area (Å²) in [5.74, 6) is 0.696. The first-order valence-electron chi connectivity index (χ1n) is 10.2. The van der Waals surface area contributed by atoms with Gasteiger partial charge in [0, 0.05) is 49.7 Å². The molecule has 2 aromatic carbocycles. The molecule has 7 heteroatoms. The Labute approximate surface area is 181 Å². The molecule has 2 heterocycles. The van der Waals surface area contributed by atoms with Crippen LogP contribution in [-0.4, -0.2) is 62.8 Å². The molecule has 1 unspecified atom stereocenters. The minimum Gasteiger partial charge on any atom is -0.495 e. The second kappa shape index (κ2) is 9.00. The van der Waals surface area contributed by atoms with E-state index in [2.05, 4.69) is 4.90 Å². The average molecular weight is 426 g/mol. The number of carbonyl (C=O) groups is 2. The molecular weight excluding hydrogens is 398 g/mol. The fraction of sp³-hybridized carbons (Fsp3) is 0.391. The second-order valence-electron chi connectivity index (χ2n) is 7.59. The number of ether oxygens (including phenoxy) is 1. The zero-order valence-electron chi connectivity index (χ0n) is 17.4. The van der Waals surface area contributed by atoms with Crippen molar-refractivity contribution in [3.8, 4) is 5.75 Å². The van der Waals surface area contributed by atoms with Gasteiger partial charge in [0.2, 0.25) is 11.8 Å². The van der Waals surface area contributed by atoms with Crippen molar-refractivity contribution in [2.75, 3.05) is 55.9 Å². The third-order valence-electron chi connectivity index (χ3n) is 5.88. The van der Waals surface area contributed by atoms with Gasteiger partial charge in [-0.2, -0.15) is 0 Å². The van der Waals surface area contributed by atoms with E-state index in [1.165, 1.54) is 0 Å². The number of piperazine rings is 1. The number of nitrogens with zero attached hydrogens (tertiary/aromatic N) is 3. The molecule has 2 fully saturated rings. The number of anilines is 2. The summed E-state index contributed by atoms with van der Waals surface area (Å²) in [6.45, 7) is 3.29. The van der Waals surface area contributed by atoms with Crippen LogP contribution in [-0.2, 0) is 9.59 Å². The van der Waals surface area contributed by atoms with E-state index in [1.54, 1.807) is 23.8 Å². The van der Waals surface area contributed by atoms with Crippen molar-refractivity contribution in [1.29, 1.82) is 0 Å². The summed E-state index contributed by atoms with van der Waals surface area (Å²) in [6, 6.07) is 15.9. The van der Waals surface area contributed by atoms with Crippen LogP contribution in [0.1, 0.15) is 6.42 Å². The number of hydrogen-bond donors (Lipinski definition) is 0. The van der Waals surface area contributed by atoms with Gasteiger partial charge in [-0.05, 0) is 42.7 Å². The molecule has 0 aromatic heterocycles. The summed E-state index contributed by atoms with van der Waals surface area (Å²) in [5.41, 5.74) is 1.93. The molecule has 2 saturated heterocycles. The van der Waals surface area contributed by atoms with Crippen molar-refractivity contribution < 1.29 is 14.3 Å². The molecule has 2 aromatic rings. The van der Waals surface area contributed by atoms with Crippen LogP contribution in [0.2, 0.25) is 0 Å². The molecule has 30 heavy (non-hydrogen) atoms. The van der Waals surface area contributed by atoms with Crippen LogP contribution >= 0.6 is 11.8 Å². The predicted octanol–water partition coefficient (Wildman–Crippen LogP) is 3.12. The van der Waals surface area contributed by atoms with Crippen molar-refractivity contribution in [3.63, 3.8) is 0 Å². The van der Waals surface area contributed by atoms with Gasteiger partial charge in [0.15, 0.2) is 0 Å². The maximum atomic E-state index is 13.1. The van der Waals surface area contributed by atoms with Crippen LogP contribution in [0.5, 0.6) is 5.75 Å². The highest BCUT2D eigenvalue weighted by Gasteiger charge is 2.38. The molecule has 1 atom stereocenters. The summed E-state index contributed by atoms with van der Waals surface area (Å²) in [5, 5.41) is 0. The molecule has 2 amide bonds. The summed E-state index contributed by atoms with van der Waals surface area (Å²) in [6.07, 6.45) is 2.31. The molecule has 0 saturated carbocycles. The molecule has 0 N–H and O–H groups in total. The predicted molar refractivity (Wildman–Crippen MR) is 120 cm³/mol. The first-order chi connectivity index (χ1) is 14.6. The van der Waals surface area contributed by atoms with Crippen LogP contribution in [0, 0.1) is 5.92 Å². The number of rotatable bonds is 5. The van der Waals surface area contributed by atoms with E-state index < -0.39 is 0 Å². The molecule has 2 aliphatic rings. The highest BCUT2D eigenvalue weighted by molar-refractivity contribution is 7.98. The molecule has 6 nitrogen and oxygen atoms in total. The third-order valence-corrected chi connectivity index (χ3v) is 6.62. The van der Waals surface area contributed by atoms with Gasteiger partial charge in [0.05, 0.1) is 18.7 Å². The monoisotopic (exact) mass is 425 g/mol. The minimum absolute atomic E-state index is 0.0258. The topological polar surface area (TPSA) is 53.1 Å². The Kier molecular flexibility index (Phi) is 6.18. The van der Waals surface area contributed by atoms with E-state index >= 15 is 0 Å². The lowest BCUT2D eigenvalue weighted by Gasteiger charge is -2.37. The Bertz CT molecular complexity index is 910. The van der Waals surface area contributed by atoms with E-state index in [9.17, 15) is 9.59 Å². The van der Waals surface area contributed by atoms with E-state index in [4.69, 9.17) is 4.74 Å². The fourth-order valence-corrected chi connectivity index (χ4v) is 4.61. The number of benzene rings is 2. The molecule has 2 aliphatic heterocycles. The van der Waals surface area contributed by atoms with Crippen LogP contribution in [0.4, 0.5) is 11.4 Å². The molecule has 158 valence electrons. The lowest BCUT2D eigenvalue weighted by atomic mass is 10.1. The van der Waals surface area contributed by atoms with Gasteiger partial charge < -0.3 is 19.4 Å². The smallest absolute Gasteiger partial charge is 0.228 e. The Morgan fingerprint density at radius 3 is 2.40 bits per heavy atom. The summed E-state index contributed by atoms with van der Waals surface area (Å²) >= 11 is 1.67. The van der Waals surface area contributed by atoms with Gasteiger partial charge in [0.1, 0.15) is 5.75 Å².